The van der Waals surface area contributed by atoms with E-state index < -0.39 is 0 Å². The summed E-state index contributed by atoms with van der Waals surface area (Å²) in [7, 11) is 0. The first-order valence-corrected chi connectivity index (χ1v) is 7.17. The lowest BCUT2D eigenvalue weighted by Gasteiger charge is -2.11. The molecule has 4 N–H and O–H groups in total. The number of nitrogens with one attached hydrogen (secondary N) is 2. The van der Waals surface area contributed by atoms with Crippen molar-refractivity contribution in [1.82, 2.24) is 10.2 Å². The number of guanidine groups is 1. The molecular formula is C15H11BrFN5. The minimum absolute atomic E-state index is 0.221. The van der Waals surface area contributed by atoms with Gasteiger partial charge in [-0.3, -0.25) is 5.41 Å². The highest BCUT2D eigenvalue weighted by atomic mass is 79.9. The van der Waals surface area contributed by atoms with E-state index in [0.717, 1.165) is 20.8 Å². The molecule has 5 nitrogen and oxygen atoms in total. The molecule has 22 heavy (non-hydrogen) atoms. The highest BCUT2D eigenvalue weighted by Crippen LogP contribution is 2.34. The van der Waals surface area contributed by atoms with Crippen molar-refractivity contribution in [2.75, 3.05) is 5.32 Å². The Morgan fingerprint density at radius 1 is 1.14 bits per heavy atom. The number of nitrogens with two attached hydrogens (primary N) is 1. The van der Waals surface area contributed by atoms with Crippen molar-refractivity contribution in [3.8, 4) is 11.3 Å². The van der Waals surface area contributed by atoms with Gasteiger partial charge in [-0.15, -0.1) is 10.2 Å². The van der Waals surface area contributed by atoms with Crippen molar-refractivity contribution >= 4 is 38.5 Å². The maximum atomic E-state index is 13.1. The molecule has 2 aromatic carbocycles. The van der Waals surface area contributed by atoms with E-state index in [0.29, 0.717) is 11.5 Å². The van der Waals surface area contributed by atoms with Crippen LogP contribution in [0.2, 0.25) is 0 Å². The minimum Gasteiger partial charge on any atom is -0.370 e. The number of hydrogen-bond acceptors (Lipinski definition) is 3. The first kappa shape index (κ1) is 14.4. The van der Waals surface area contributed by atoms with E-state index in [1.807, 2.05) is 18.2 Å². The van der Waals surface area contributed by atoms with Gasteiger partial charge in [-0.2, -0.15) is 0 Å². The number of benzene rings is 2. The predicted octanol–water partition coefficient (Wildman–Crippen LogP) is 3.50. The summed E-state index contributed by atoms with van der Waals surface area (Å²) in [6, 6.07) is 11.7. The average Bonchev–Trinajstić information content (AvgIpc) is 2.48. The van der Waals surface area contributed by atoms with E-state index in [4.69, 9.17) is 11.1 Å². The van der Waals surface area contributed by atoms with Crippen molar-refractivity contribution in [3.63, 3.8) is 0 Å². The van der Waals surface area contributed by atoms with E-state index in [1.54, 1.807) is 12.1 Å². The molecule has 0 aliphatic carbocycles. The normalized spacial score (nSPS) is 10.6. The van der Waals surface area contributed by atoms with Gasteiger partial charge in [0.05, 0.1) is 0 Å². The Labute approximate surface area is 134 Å². The number of aromatic nitrogens is 2. The molecule has 7 heteroatoms. The van der Waals surface area contributed by atoms with Crippen LogP contribution in [0.4, 0.5) is 10.2 Å². The van der Waals surface area contributed by atoms with Crippen molar-refractivity contribution in [3.05, 3.63) is 52.8 Å². The third-order valence-corrected chi connectivity index (χ3v) is 3.79. The van der Waals surface area contributed by atoms with Crippen LogP contribution in [0.25, 0.3) is 22.0 Å². The molecule has 0 radical (unpaired) electrons. The molecule has 0 amide bonds. The average molecular weight is 360 g/mol. The molecule has 0 fully saturated rings. The van der Waals surface area contributed by atoms with E-state index in [1.165, 1.54) is 12.1 Å². The van der Waals surface area contributed by atoms with Crippen LogP contribution in [0, 0.1) is 11.2 Å². The monoisotopic (exact) mass is 359 g/mol. The number of anilines is 1. The van der Waals surface area contributed by atoms with Gasteiger partial charge in [0.15, 0.2) is 11.8 Å². The lowest BCUT2D eigenvalue weighted by molar-refractivity contribution is 0.628. The molecule has 110 valence electrons. The van der Waals surface area contributed by atoms with E-state index in [9.17, 15) is 4.39 Å². The molecule has 0 spiro atoms. The first-order valence-electron chi connectivity index (χ1n) is 6.38. The summed E-state index contributed by atoms with van der Waals surface area (Å²) in [6.07, 6.45) is 0. The van der Waals surface area contributed by atoms with Crippen molar-refractivity contribution in [2.24, 2.45) is 5.73 Å². The third kappa shape index (κ3) is 2.62. The molecule has 0 unspecified atom stereocenters. The van der Waals surface area contributed by atoms with Gasteiger partial charge >= 0.3 is 0 Å². The minimum atomic E-state index is -0.308. The van der Waals surface area contributed by atoms with Crippen LogP contribution < -0.4 is 11.1 Å². The topological polar surface area (TPSA) is 87.7 Å². The molecule has 3 rings (SSSR count). The van der Waals surface area contributed by atoms with Crippen LogP contribution in [0.15, 0.2) is 46.9 Å². The predicted molar refractivity (Wildman–Crippen MR) is 88.2 cm³/mol. The molecule has 0 aliphatic heterocycles. The molecule has 1 heterocycles. The number of hydrogen-bond donors (Lipinski definition) is 3. The maximum absolute atomic E-state index is 13.1. The van der Waals surface area contributed by atoms with Crippen molar-refractivity contribution < 1.29 is 4.39 Å². The first-order chi connectivity index (χ1) is 10.6. The highest BCUT2D eigenvalue weighted by Gasteiger charge is 2.13. The second-order valence-corrected chi connectivity index (χ2v) is 5.46. The van der Waals surface area contributed by atoms with Gasteiger partial charge < -0.3 is 11.1 Å². The van der Waals surface area contributed by atoms with Gasteiger partial charge in [-0.1, -0.05) is 28.1 Å². The van der Waals surface area contributed by atoms with Gasteiger partial charge in [-0.25, -0.2) is 4.39 Å². The Balaban J connectivity index is 2.27. The van der Waals surface area contributed by atoms with Crippen molar-refractivity contribution in [2.45, 2.75) is 0 Å². The van der Waals surface area contributed by atoms with E-state index in [2.05, 4.69) is 31.4 Å². The molecular weight excluding hydrogens is 349 g/mol. The van der Waals surface area contributed by atoms with Crippen LogP contribution in [0.1, 0.15) is 0 Å². The van der Waals surface area contributed by atoms with E-state index >= 15 is 0 Å². The summed E-state index contributed by atoms with van der Waals surface area (Å²) in [5.74, 6) is -0.140. The number of nitrogens with zero attached hydrogens (tertiary/aromatic N) is 2. The van der Waals surface area contributed by atoms with Gasteiger partial charge in [0, 0.05) is 20.8 Å². The fourth-order valence-corrected chi connectivity index (χ4v) is 2.76. The standard InChI is InChI=1S/C15H11BrFN5/c16-11-3-1-2-10-12(11)14(20-15(18)19)22-21-13(10)8-4-6-9(17)7-5-8/h1-7H,(H4,18,19,20,22). The Kier molecular flexibility index (Phi) is 3.72. The summed E-state index contributed by atoms with van der Waals surface area (Å²) in [6.45, 7) is 0. The van der Waals surface area contributed by atoms with Crippen LogP contribution in [0.3, 0.4) is 0 Å². The lowest BCUT2D eigenvalue weighted by atomic mass is 10.0. The summed E-state index contributed by atoms with van der Waals surface area (Å²) in [5.41, 5.74) is 6.76. The third-order valence-electron chi connectivity index (χ3n) is 3.13. The second-order valence-electron chi connectivity index (χ2n) is 4.61. The SMILES string of the molecule is N=C(N)Nc1nnc(-c2ccc(F)cc2)c2cccc(Br)c12. The fourth-order valence-electron chi connectivity index (χ4n) is 2.20. The summed E-state index contributed by atoms with van der Waals surface area (Å²) >= 11 is 3.48. The molecule has 0 bridgehead atoms. The van der Waals surface area contributed by atoms with Gasteiger partial charge in [0.1, 0.15) is 11.5 Å². The number of halogens is 2. The van der Waals surface area contributed by atoms with Crippen LogP contribution in [-0.4, -0.2) is 16.2 Å². The lowest BCUT2D eigenvalue weighted by Crippen LogP contribution is -2.21. The zero-order valence-electron chi connectivity index (χ0n) is 11.3. The smallest absolute Gasteiger partial charge is 0.191 e. The molecule has 1 aromatic heterocycles. The molecule has 0 aliphatic rings. The Morgan fingerprint density at radius 3 is 2.55 bits per heavy atom. The summed E-state index contributed by atoms with van der Waals surface area (Å²) in [4.78, 5) is 0. The molecule has 0 saturated heterocycles. The number of rotatable bonds is 2. The van der Waals surface area contributed by atoms with E-state index in [-0.39, 0.29) is 11.8 Å². The summed E-state index contributed by atoms with van der Waals surface area (Å²) in [5, 5.41) is 19.9. The Hall–Kier alpha value is -2.54. The Bertz CT molecular complexity index is 864. The maximum Gasteiger partial charge on any atom is 0.191 e. The van der Waals surface area contributed by atoms with Gasteiger partial charge in [0.25, 0.3) is 0 Å². The fraction of sp³-hybridized carbons (Fsp3) is 0. The largest absolute Gasteiger partial charge is 0.370 e. The highest BCUT2D eigenvalue weighted by molar-refractivity contribution is 9.10. The quantitative estimate of drug-likeness (QED) is 0.482. The van der Waals surface area contributed by atoms with Crippen LogP contribution in [0.5, 0.6) is 0 Å². The van der Waals surface area contributed by atoms with Crippen LogP contribution in [-0.2, 0) is 0 Å². The van der Waals surface area contributed by atoms with Gasteiger partial charge in [0.2, 0.25) is 0 Å². The zero-order valence-corrected chi connectivity index (χ0v) is 12.9. The zero-order chi connectivity index (χ0) is 15.7. The molecule has 0 atom stereocenters. The molecule has 0 saturated carbocycles. The molecule has 3 aromatic rings. The summed E-state index contributed by atoms with van der Waals surface area (Å²) < 4.78 is 13.9. The van der Waals surface area contributed by atoms with Gasteiger partial charge in [-0.05, 0) is 30.3 Å². The number of fused-ring (bicyclic) bond motifs is 1. The second kappa shape index (κ2) is 5.69. The van der Waals surface area contributed by atoms with Crippen LogP contribution >= 0.6 is 15.9 Å². The van der Waals surface area contributed by atoms with Crippen molar-refractivity contribution in [1.29, 1.82) is 5.41 Å². The Morgan fingerprint density at radius 2 is 1.86 bits per heavy atom.